The van der Waals surface area contributed by atoms with E-state index >= 15 is 0 Å². The molecule has 2 rings (SSSR count). The van der Waals surface area contributed by atoms with Gasteiger partial charge in [0.05, 0.1) is 0 Å². The van der Waals surface area contributed by atoms with Crippen molar-refractivity contribution in [3.05, 3.63) is 28.5 Å². The van der Waals surface area contributed by atoms with Crippen LogP contribution in [0.3, 0.4) is 0 Å². The summed E-state index contributed by atoms with van der Waals surface area (Å²) in [5, 5.41) is 0. The zero-order valence-corrected chi connectivity index (χ0v) is 14.1. The zero-order chi connectivity index (χ0) is 14.5. The summed E-state index contributed by atoms with van der Waals surface area (Å²) in [4.78, 5) is 4.24. The molecule has 3 N–H and O–H groups in total. The normalized spacial score (nSPS) is 24.9. The number of pyridine rings is 1. The molecule has 0 bridgehead atoms. The Morgan fingerprint density at radius 2 is 1.90 bits per heavy atom. The van der Waals surface area contributed by atoms with E-state index in [2.05, 4.69) is 46.3 Å². The van der Waals surface area contributed by atoms with E-state index in [4.69, 9.17) is 5.84 Å². The molecule has 112 valence electrons. The Kier molecular flexibility index (Phi) is 6.00. The standard InChI is InChI=1S/C16H26BrN3/c1-11(2)13-3-5-14(6-4-13)16(20-18)8-12-7-15(17)10-19-9-12/h7,9-11,13-14,16,20H,3-6,8,18H2,1-2H3. The molecule has 0 aliphatic heterocycles. The summed E-state index contributed by atoms with van der Waals surface area (Å²) in [6, 6.07) is 2.50. The second-order valence-electron chi connectivity index (χ2n) is 6.41. The molecule has 0 spiro atoms. The SMILES string of the molecule is CC(C)C1CCC(C(Cc2cncc(Br)c2)NN)CC1. The number of nitrogens with one attached hydrogen (secondary N) is 1. The number of hydrazine groups is 1. The van der Waals surface area contributed by atoms with Crippen LogP contribution < -0.4 is 11.3 Å². The van der Waals surface area contributed by atoms with Gasteiger partial charge in [-0.1, -0.05) is 13.8 Å². The van der Waals surface area contributed by atoms with E-state index < -0.39 is 0 Å². The van der Waals surface area contributed by atoms with Crippen molar-refractivity contribution < 1.29 is 0 Å². The van der Waals surface area contributed by atoms with E-state index in [1.54, 1.807) is 0 Å². The second kappa shape index (κ2) is 7.53. The Labute approximate surface area is 130 Å². The number of aromatic nitrogens is 1. The van der Waals surface area contributed by atoms with Crippen molar-refractivity contribution >= 4 is 15.9 Å². The summed E-state index contributed by atoms with van der Waals surface area (Å²) in [6.45, 7) is 4.69. The third-order valence-corrected chi connectivity index (χ3v) is 5.19. The number of hydrogen-bond donors (Lipinski definition) is 2. The van der Waals surface area contributed by atoms with Crippen LogP contribution in [0.4, 0.5) is 0 Å². The van der Waals surface area contributed by atoms with Crippen molar-refractivity contribution in [2.75, 3.05) is 0 Å². The van der Waals surface area contributed by atoms with Crippen LogP contribution in [0.2, 0.25) is 0 Å². The molecule has 1 saturated carbocycles. The van der Waals surface area contributed by atoms with Crippen LogP contribution in [-0.4, -0.2) is 11.0 Å². The highest BCUT2D eigenvalue weighted by Gasteiger charge is 2.28. The second-order valence-corrected chi connectivity index (χ2v) is 7.32. The van der Waals surface area contributed by atoms with E-state index in [9.17, 15) is 0 Å². The van der Waals surface area contributed by atoms with Crippen molar-refractivity contribution in [1.82, 2.24) is 10.4 Å². The Morgan fingerprint density at radius 1 is 1.25 bits per heavy atom. The molecule has 1 atom stereocenters. The van der Waals surface area contributed by atoms with Gasteiger partial charge in [0, 0.05) is 22.9 Å². The maximum absolute atomic E-state index is 5.80. The van der Waals surface area contributed by atoms with Crippen LogP contribution in [0, 0.1) is 17.8 Å². The van der Waals surface area contributed by atoms with Crippen molar-refractivity contribution in [2.24, 2.45) is 23.6 Å². The summed E-state index contributed by atoms with van der Waals surface area (Å²) in [5.74, 6) is 8.21. The quantitative estimate of drug-likeness (QED) is 0.635. The van der Waals surface area contributed by atoms with Gasteiger partial charge in [-0.2, -0.15) is 0 Å². The van der Waals surface area contributed by atoms with Crippen LogP contribution in [-0.2, 0) is 6.42 Å². The largest absolute Gasteiger partial charge is 0.271 e. The van der Waals surface area contributed by atoms with Gasteiger partial charge in [-0.05, 0) is 77.4 Å². The molecule has 0 saturated heterocycles. The minimum Gasteiger partial charge on any atom is -0.271 e. The van der Waals surface area contributed by atoms with Crippen LogP contribution in [0.1, 0.15) is 45.1 Å². The highest BCUT2D eigenvalue weighted by Crippen LogP contribution is 2.35. The minimum absolute atomic E-state index is 0.360. The van der Waals surface area contributed by atoms with Gasteiger partial charge in [-0.15, -0.1) is 0 Å². The third-order valence-electron chi connectivity index (χ3n) is 4.76. The summed E-state index contributed by atoms with van der Waals surface area (Å²) >= 11 is 3.48. The zero-order valence-electron chi connectivity index (χ0n) is 12.5. The van der Waals surface area contributed by atoms with E-state index in [0.29, 0.717) is 12.0 Å². The Bertz CT molecular complexity index is 414. The first-order valence-electron chi connectivity index (χ1n) is 7.65. The van der Waals surface area contributed by atoms with Gasteiger partial charge in [0.1, 0.15) is 0 Å². The summed E-state index contributed by atoms with van der Waals surface area (Å²) in [5.41, 5.74) is 4.28. The molecule has 3 nitrogen and oxygen atoms in total. The summed E-state index contributed by atoms with van der Waals surface area (Å²) < 4.78 is 1.04. The molecule has 20 heavy (non-hydrogen) atoms. The lowest BCUT2D eigenvalue weighted by molar-refractivity contribution is 0.188. The van der Waals surface area contributed by atoms with Crippen LogP contribution in [0.25, 0.3) is 0 Å². The third kappa shape index (κ3) is 4.27. The van der Waals surface area contributed by atoms with E-state index in [-0.39, 0.29) is 0 Å². The van der Waals surface area contributed by atoms with Gasteiger partial charge in [-0.25, -0.2) is 0 Å². The number of rotatable bonds is 5. The van der Waals surface area contributed by atoms with Gasteiger partial charge in [0.2, 0.25) is 0 Å². The van der Waals surface area contributed by atoms with E-state index in [0.717, 1.165) is 22.7 Å². The highest BCUT2D eigenvalue weighted by molar-refractivity contribution is 9.10. The molecule has 4 heteroatoms. The van der Waals surface area contributed by atoms with Crippen molar-refractivity contribution in [3.8, 4) is 0 Å². The monoisotopic (exact) mass is 339 g/mol. The van der Waals surface area contributed by atoms with Crippen LogP contribution >= 0.6 is 15.9 Å². The number of hydrogen-bond acceptors (Lipinski definition) is 3. The fourth-order valence-corrected chi connectivity index (χ4v) is 3.81. The summed E-state index contributed by atoms with van der Waals surface area (Å²) in [7, 11) is 0. The molecule has 1 aromatic heterocycles. The molecule has 0 radical (unpaired) electrons. The lowest BCUT2D eigenvalue weighted by atomic mass is 9.74. The average molecular weight is 340 g/mol. The fourth-order valence-electron chi connectivity index (χ4n) is 3.40. The van der Waals surface area contributed by atoms with Gasteiger partial charge in [-0.3, -0.25) is 16.3 Å². The van der Waals surface area contributed by atoms with Gasteiger partial charge < -0.3 is 0 Å². The molecule has 1 unspecified atom stereocenters. The van der Waals surface area contributed by atoms with Crippen molar-refractivity contribution in [3.63, 3.8) is 0 Å². The van der Waals surface area contributed by atoms with Crippen molar-refractivity contribution in [2.45, 2.75) is 52.0 Å². The van der Waals surface area contributed by atoms with Crippen LogP contribution in [0.5, 0.6) is 0 Å². The highest BCUT2D eigenvalue weighted by atomic mass is 79.9. The minimum atomic E-state index is 0.360. The molecule has 1 aromatic rings. The number of nitrogens with two attached hydrogens (primary N) is 1. The maximum Gasteiger partial charge on any atom is 0.0410 e. The number of halogens is 1. The average Bonchev–Trinajstić information content (AvgIpc) is 2.45. The first kappa shape index (κ1) is 15.9. The van der Waals surface area contributed by atoms with Gasteiger partial charge in [0.25, 0.3) is 0 Å². The smallest absolute Gasteiger partial charge is 0.0410 e. The molecule has 0 amide bonds. The Hall–Kier alpha value is -0.450. The van der Waals surface area contributed by atoms with E-state index in [1.807, 2.05) is 12.4 Å². The van der Waals surface area contributed by atoms with Gasteiger partial charge in [0.15, 0.2) is 0 Å². The molecule has 0 aromatic carbocycles. The maximum atomic E-state index is 5.80. The summed E-state index contributed by atoms with van der Waals surface area (Å²) in [6.07, 6.45) is 9.99. The first-order valence-corrected chi connectivity index (χ1v) is 8.45. The number of nitrogens with zero attached hydrogens (tertiary/aromatic N) is 1. The molecule has 1 aliphatic carbocycles. The van der Waals surface area contributed by atoms with Gasteiger partial charge >= 0.3 is 0 Å². The fraction of sp³-hybridized carbons (Fsp3) is 0.688. The molecular formula is C16H26BrN3. The predicted molar refractivity (Wildman–Crippen MR) is 87.0 cm³/mol. The molecule has 1 fully saturated rings. The van der Waals surface area contributed by atoms with Crippen molar-refractivity contribution in [1.29, 1.82) is 0 Å². The lowest BCUT2D eigenvalue weighted by Crippen LogP contribution is -2.44. The molecular weight excluding hydrogens is 314 g/mol. The Morgan fingerprint density at radius 3 is 2.45 bits per heavy atom. The van der Waals surface area contributed by atoms with Crippen LogP contribution in [0.15, 0.2) is 22.9 Å². The first-order chi connectivity index (χ1) is 9.60. The predicted octanol–water partition coefficient (Wildman–Crippen LogP) is 3.68. The lowest BCUT2D eigenvalue weighted by Gasteiger charge is -2.35. The Balaban J connectivity index is 1.92. The molecule has 1 heterocycles. The topological polar surface area (TPSA) is 50.9 Å². The molecule has 1 aliphatic rings. The van der Waals surface area contributed by atoms with E-state index in [1.165, 1.54) is 31.2 Å².